The Morgan fingerprint density at radius 2 is 1.96 bits per heavy atom. The molecule has 1 aliphatic rings. The van der Waals surface area contributed by atoms with Gasteiger partial charge in [-0.2, -0.15) is 0 Å². The van der Waals surface area contributed by atoms with Gasteiger partial charge in [-0.05, 0) is 36.4 Å². The number of amides is 2. The van der Waals surface area contributed by atoms with Gasteiger partial charge >= 0.3 is 0 Å². The van der Waals surface area contributed by atoms with Gasteiger partial charge in [0.1, 0.15) is 5.75 Å². The Balaban J connectivity index is 1.72. The summed E-state index contributed by atoms with van der Waals surface area (Å²) in [6, 6.07) is 10.1. The third-order valence-corrected chi connectivity index (χ3v) is 3.94. The molecule has 3 rings (SSSR count). The van der Waals surface area contributed by atoms with E-state index in [4.69, 9.17) is 27.9 Å². The highest BCUT2D eigenvalue weighted by molar-refractivity contribution is 6.37. The summed E-state index contributed by atoms with van der Waals surface area (Å²) in [5.41, 5.74) is 1.61. The molecule has 24 heavy (non-hydrogen) atoms. The number of anilines is 2. The zero-order valence-electron chi connectivity index (χ0n) is 12.3. The molecule has 0 saturated carbocycles. The fourth-order valence-corrected chi connectivity index (χ4v) is 2.70. The highest BCUT2D eigenvalue weighted by atomic mass is 35.5. The third kappa shape index (κ3) is 3.69. The molecule has 2 N–H and O–H groups in total. The topological polar surface area (TPSA) is 67.4 Å². The van der Waals surface area contributed by atoms with Crippen LogP contribution in [0.4, 0.5) is 11.4 Å². The number of carbonyl (C=O) groups is 2. The molecule has 0 unspecified atom stereocenters. The largest absolute Gasteiger partial charge is 0.482 e. The Bertz CT molecular complexity index is 829. The Morgan fingerprint density at radius 1 is 1.21 bits per heavy atom. The fourth-order valence-electron chi connectivity index (χ4n) is 2.17. The van der Waals surface area contributed by atoms with Crippen LogP contribution < -0.4 is 15.4 Å². The van der Waals surface area contributed by atoms with Crippen LogP contribution in [-0.4, -0.2) is 18.4 Å². The molecule has 2 aromatic rings. The second kappa shape index (κ2) is 6.95. The van der Waals surface area contributed by atoms with E-state index in [1.807, 2.05) is 0 Å². The van der Waals surface area contributed by atoms with Gasteiger partial charge in [-0.25, -0.2) is 0 Å². The van der Waals surface area contributed by atoms with Crippen molar-refractivity contribution in [2.45, 2.75) is 0 Å². The molecule has 0 saturated heterocycles. The van der Waals surface area contributed by atoms with Crippen molar-refractivity contribution in [2.75, 3.05) is 17.2 Å². The zero-order valence-corrected chi connectivity index (χ0v) is 13.8. The van der Waals surface area contributed by atoms with Crippen molar-refractivity contribution < 1.29 is 14.3 Å². The predicted octanol–water partition coefficient (Wildman–Crippen LogP) is 3.98. The highest BCUT2D eigenvalue weighted by Crippen LogP contribution is 2.30. The summed E-state index contributed by atoms with van der Waals surface area (Å²) < 4.78 is 5.26. The summed E-state index contributed by atoms with van der Waals surface area (Å²) in [4.78, 5) is 23.4. The summed E-state index contributed by atoms with van der Waals surface area (Å²) in [6.07, 6.45) is 2.88. The summed E-state index contributed by atoms with van der Waals surface area (Å²) in [5.74, 6) is -0.0285. The molecule has 5 nitrogen and oxygen atoms in total. The minimum Gasteiger partial charge on any atom is -0.482 e. The maximum Gasteiger partial charge on any atom is 0.262 e. The molecule has 0 bridgehead atoms. The molecule has 0 fully saturated rings. The van der Waals surface area contributed by atoms with E-state index in [1.54, 1.807) is 42.5 Å². The summed E-state index contributed by atoms with van der Waals surface area (Å²) in [5, 5.41) is 6.29. The molecule has 0 radical (unpaired) electrons. The number of ether oxygens (including phenoxy) is 1. The van der Waals surface area contributed by atoms with Crippen molar-refractivity contribution in [3.8, 4) is 5.75 Å². The monoisotopic (exact) mass is 362 g/mol. The molecule has 0 aromatic heterocycles. The molecule has 2 amide bonds. The number of carbonyl (C=O) groups excluding carboxylic acids is 2. The SMILES string of the molecule is O=C(/C=C/c1c(Cl)cccc1Cl)Nc1ccc2c(c1)NC(=O)CO2. The fraction of sp³-hybridized carbons (Fsp3) is 0.0588. The Hall–Kier alpha value is -2.50. The number of fused-ring (bicyclic) bond motifs is 1. The molecule has 0 aliphatic carbocycles. The van der Waals surface area contributed by atoms with Crippen LogP contribution in [0.1, 0.15) is 5.56 Å². The smallest absolute Gasteiger partial charge is 0.262 e. The number of nitrogens with one attached hydrogen (secondary N) is 2. The standard InChI is InChI=1S/C17H12Cl2N2O3/c18-12-2-1-3-13(19)11(12)5-7-16(22)20-10-4-6-15-14(8-10)21-17(23)9-24-15/h1-8H,9H2,(H,20,22)(H,21,23)/b7-5+. The van der Waals surface area contributed by atoms with Gasteiger partial charge in [0.15, 0.2) is 6.61 Å². The number of hydrogen-bond donors (Lipinski definition) is 2. The van der Waals surface area contributed by atoms with E-state index in [0.717, 1.165) is 0 Å². The molecule has 2 aromatic carbocycles. The molecule has 122 valence electrons. The van der Waals surface area contributed by atoms with Crippen molar-refractivity contribution in [3.05, 3.63) is 58.1 Å². The van der Waals surface area contributed by atoms with E-state index in [1.165, 1.54) is 6.08 Å². The van der Waals surface area contributed by atoms with E-state index in [9.17, 15) is 9.59 Å². The number of rotatable bonds is 3. The van der Waals surface area contributed by atoms with Crippen LogP contribution in [0.3, 0.4) is 0 Å². The Labute approximate surface area is 148 Å². The average Bonchev–Trinajstić information content (AvgIpc) is 2.54. The predicted molar refractivity (Wildman–Crippen MR) is 94.7 cm³/mol. The second-order valence-electron chi connectivity index (χ2n) is 5.01. The highest BCUT2D eigenvalue weighted by Gasteiger charge is 2.16. The van der Waals surface area contributed by atoms with Crippen LogP contribution in [0.15, 0.2) is 42.5 Å². The summed E-state index contributed by atoms with van der Waals surface area (Å²) in [6.45, 7) is -0.0139. The molecule has 1 heterocycles. The van der Waals surface area contributed by atoms with Crippen molar-refractivity contribution in [2.24, 2.45) is 0 Å². The first-order valence-corrected chi connectivity index (χ1v) is 7.78. The van der Waals surface area contributed by atoms with Gasteiger partial charge in [0.25, 0.3) is 5.91 Å². The van der Waals surface area contributed by atoms with Gasteiger partial charge in [0.2, 0.25) is 5.91 Å². The van der Waals surface area contributed by atoms with Crippen molar-refractivity contribution >= 4 is 52.5 Å². The first-order chi connectivity index (χ1) is 11.5. The quantitative estimate of drug-likeness (QED) is 0.811. The van der Waals surface area contributed by atoms with Crippen molar-refractivity contribution in [3.63, 3.8) is 0 Å². The minimum absolute atomic E-state index is 0.0139. The van der Waals surface area contributed by atoms with E-state index < -0.39 is 0 Å². The normalized spacial score (nSPS) is 13.2. The van der Waals surface area contributed by atoms with Gasteiger partial charge in [0.05, 0.1) is 5.69 Å². The number of halogens is 2. The lowest BCUT2D eigenvalue weighted by Crippen LogP contribution is -2.25. The van der Waals surface area contributed by atoms with Gasteiger partial charge < -0.3 is 15.4 Å². The van der Waals surface area contributed by atoms with Crippen molar-refractivity contribution in [1.29, 1.82) is 0 Å². The molecule has 0 spiro atoms. The van der Waals surface area contributed by atoms with Crippen molar-refractivity contribution in [1.82, 2.24) is 0 Å². The van der Waals surface area contributed by atoms with Crippen LogP contribution in [0.25, 0.3) is 6.08 Å². The third-order valence-electron chi connectivity index (χ3n) is 3.28. The number of hydrogen-bond acceptors (Lipinski definition) is 3. The lowest BCUT2D eigenvalue weighted by Gasteiger charge is -2.18. The maximum absolute atomic E-state index is 12.0. The van der Waals surface area contributed by atoms with E-state index >= 15 is 0 Å². The minimum atomic E-state index is -0.353. The van der Waals surface area contributed by atoms with E-state index in [0.29, 0.717) is 32.7 Å². The van der Waals surface area contributed by atoms with Gasteiger partial charge in [-0.15, -0.1) is 0 Å². The summed E-state index contributed by atoms with van der Waals surface area (Å²) >= 11 is 12.1. The first kappa shape index (κ1) is 16.4. The zero-order chi connectivity index (χ0) is 17.1. The van der Waals surface area contributed by atoms with Gasteiger partial charge in [-0.1, -0.05) is 29.3 Å². The molecule has 0 atom stereocenters. The van der Waals surface area contributed by atoms with Crippen LogP contribution in [0.5, 0.6) is 5.75 Å². The van der Waals surface area contributed by atoms with Crippen LogP contribution in [-0.2, 0) is 9.59 Å². The maximum atomic E-state index is 12.0. The Kier molecular flexibility index (Phi) is 4.74. The second-order valence-corrected chi connectivity index (χ2v) is 5.82. The molecule has 1 aliphatic heterocycles. The van der Waals surface area contributed by atoms with Crippen LogP contribution in [0.2, 0.25) is 10.0 Å². The van der Waals surface area contributed by atoms with E-state index in [2.05, 4.69) is 10.6 Å². The first-order valence-electron chi connectivity index (χ1n) is 7.03. The Morgan fingerprint density at radius 3 is 2.71 bits per heavy atom. The molecular weight excluding hydrogens is 351 g/mol. The van der Waals surface area contributed by atoms with E-state index in [-0.39, 0.29) is 18.4 Å². The average molecular weight is 363 g/mol. The van der Waals surface area contributed by atoms with Crippen LogP contribution >= 0.6 is 23.2 Å². The molecular formula is C17H12Cl2N2O3. The lowest BCUT2D eigenvalue weighted by atomic mass is 10.2. The molecule has 7 heteroatoms. The number of benzene rings is 2. The van der Waals surface area contributed by atoms with Gasteiger partial charge in [0, 0.05) is 27.4 Å². The van der Waals surface area contributed by atoms with Crippen LogP contribution in [0, 0.1) is 0 Å². The van der Waals surface area contributed by atoms with Gasteiger partial charge in [-0.3, -0.25) is 9.59 Å². The summed E-state index contributed by atoms with van der Waals surface area (Å²) in [7, 11) is 0. The lowest BCUT2D eigenvalue weighted by molar-refractivity contribution is -0.118.